The van der Waals surface area contributed by atoms with E-state index in [1.165, 1.54) is 6.08 Å². The highest BCUT2D eigenvalue weighted by atomic mass is 16.4. The topological polar surface area (TPSA) is 127 Å². The maximum absolute atomic E-state index is 10.3. The zero-order valence-corrected chi connectivity index (χ0v) is 10.2. The zero-order chi connectivity index (χ0) is 14.0. The summed E-state index contributed by atoms with van der Waals surface area (Å²) in [5.74, 6) is -2.02. The summed E-state index contributed by atoms with van der Waals surface area (Å²) in [6.07, 6.45) is 8.59. The maximum Gasteiger partial charge on any atom is 0.328 e. The van der Waals surface area contributed by atoms with Gasteiger partial charge < -0.3 is 21.7 Å². The first-order valence-electron chi connectivity index (χ1n) is 5.73. The molecular formula is C12H20N2O4. The molecule has 18 heavy (non-hydrogen) atoms. The lowest BCUT2D eigenvalue weighted by molar-refractivity contribution is -0.132. The minimum atomic E-state index is -1.10. The minimum Gasteiger partial charge on any atom is -0.478 e. The van der Waals surface area contributed by atoms with Crippen molar-refractivity contribution in [1.29, 1.82) is 0 Å². The van der Waals surface area contributed by atoms with E-state index in [-0.39, 0.29) is 0 Å². The standard InChI is InChI=1S/C12H20N2O4/c13-12(14,9-7-11(17)18)8-5-3-1-2-4-6-10(15)16/h4,6-7,9H,1-3,5,8,13-14H2,(H,15,16)(H,17,18). The van der Waals surface area contributed by atoms with Crippen LogP contribution in [0.15, 0.2) is 24.3 Å². The smallest absolute Gasteiger partial charge is 0.328 e. The van der Waals surface area contributed by atoms with Crippen LogP contribution in [0.4, 0.5) is 0 Å². The van der Waals surface area contributed by atoms with Gasteiger partial charge in [-0.15, -0.1) is 0 Å². The maximum atomic E-state index is 10.3. The molecule has 0 aromatic rings. The van der Waals surface area contributed by atoms with E-state index >= 15 is 0 Å². The van der Waals surface area contributed by atoms with Gasteiger partial charge in [-0.05, 0) is 31.8 Å². The number of hydrogen-bond acceptors (Lipinski definition) is 4. The molecule has 0 saturated carbocycles. The van der Waals surface area contributed by atoms with Crippen molar-refractivity contribution in [2.24, 2.45) is 11.5 Å². The molecule has 6 heteroatoms. The second-order valence-corrected chi connectivity index (χ2v) is 4.12. The molecule has 0 atom stereocenters. The number of carbonyl (C=O) groups is 2. The summed E-state index contributed by atoms with van der Waals surface area (Å²) in [5, 5.41) is 16.8. The van der Waals surface area contributed by atoms with E-state index in [1.54, 1.807) is 6.08 Å². The Morgan fingerprint density at radius 3 is 2.17 bits per heavy atom. The number of nitrogens with two attached hydrogens (primary N) is 2. The molecule has 0 heterocycles. The molecule has 0 radical (unpaired) electrons. The molecule has 0 saturated heterocycles. The highest BCUT2D eigenvalue weighted by Crippen LogP contribution is 2.10. The van der Waals surface area contributed by atoms with E-state index in [0.29, 0.717) is 12.8 Å². The Morgan fingerprint density at radius 2 is 1.61 bits per heavy atom. The van der Waals surface area contributed by atoms with Gasteiger partial charge in [-0.2, -0.15) is 0 Å². The van der Waals surface area contributed by atoms with E-state index in [4.69, 9.17) is 21.7 Å². The average molecular weight is 256 g/mol. The van der Waals surface area contributed by atoms with Gasteiger partial charge in [0, 0.05) is 12.2 Å². The fraction of sp³-hybridized carbons (Fsp3) is 0.500. The predicted molar refractivity (Wildman–Crippen MR) is 67.7 cm³/mol. The summed E-state index contributed by atoms with van der Waals surface area (Å²) in [4.78, 5) is 20.5. The fourth-order valence-electron chi connectivity index (χ4n) is 1.36. The number of carboxylic acid groups (broad SMARTS) is 2. The summed E-state index contributed by atoms with van der Waals surface area (Å²) in [5.41, 5.74) is 10.3. The van der Waals surface area contributed by atoms with E-state index in [2.05, 4.69) is 0 Å². The highest BCUT2D eigenvalue weighted by Gasteiger charge is 2.14. The van der Waals surface area contributed by atoms with Gasteiger partial charge in [0.2, 0.25) is 0 Å². The molecule has 0 aliphatic carbocycles. The third-order valence-electron chi connectivity index (χ3n) is 2.28. The number of carboxylic acids is 2. The monoisotopic (exact) mass is 256 g/mol. The third kappa shape index (κ3) is 10.8. The van der Waals surface area contributed by atoms with Crippen LogP contribution in [0.2, 0.25) is 0 Å². The molecule has 0 fully saturated rings. The molecule has 0 amide bonds. The highest BCUT2D eigenvalue weighted by molar-refractivity contribution is 5.80. The third-order valence-corrected chi connectivity index (χ3v) is 2.28. The SMILES string of the molecule is NC(N)(C=CC(=O)O)CCCCCC=CC(=O)O. The Kier molecular flexibility index (Phi) is 7.66. The Morgan fingerprint density at radius 1 is 1.00 bits per heavy atom. The van der Waals surface area contributed by atoms with Crippen molar-refractivity contribution in [2.45, 2.75) is 37.8 Å². The van der Waals surface area contributed by atoms with Crippen LogP contribution in [-0.4, -0.2) is 27.8 Å². The molecule has 0 aromatic heterocycles. The lowest BCUT2D eigenvalue weighted by Crippen LogP contribution is -2.47. The minimum absolute atomic E-state index is 0.486. The number of hydrogen-bond donors (Lipinski definition) is 4. The van der Waals surface area contributed by atoms with Gasteiger partial charge in [0.25, 0.3) is 0 Å². The van der Waals surface area contributed by atoms with Gasteiger partial charge in [0.1, 0.15) is 0 Å². The van der Waals surface area contributed by atoms with Crippen LogP contribution in [0.1, 0.15) is 32.1 Å². The van der Waals surface area contributed by atoms with Crippen LogP contribution < -0.4 is 11.5 Å². The molecule has 6 nitrogen and oxygen atoms in total. The Balaban J connectivity index is 3.71. The Labute approximate surface area is 106 Å². The van der Waals surface area contributed by atoms with E-state index < -0.39 is 17.6 Å². The van der Waals surface area contributed by atoms with Gasteiger partial charge in [-0.25, -0.2) is 9.59 Å². The van der Waals surface area contributed by atoms with Crippen LogP contribution in [-0.2, 0) is 9.59 Å². The molecule has 0 aliphatic heterocycles. The first-order valence-corrected chi connectivity index (χ1v) is 5.73. The molecule has 0 aromatic carbocycles. The van der Waals surface area contributed by atoms with Gasteiger partial charge >= 0.3 is 11.9 Å². The average Bonchev–Trinajstić information content (AvgIpc) is 2.25. The van der Waals surface area contributed by atoms with Gasteiger partial charge in [0.05, 0.1) is 5.66 Å². The number of aliphatic carboxylic acids is 2. The quantitative estimate of drug-likeness (QED) is 0.275. The Hall–Kier alpha value is -1.66. The molecule has 0 rings (SSSR count). The number of unbranched alkanes of at least 4 members (excludes halogenated alkanes) is 3. The molecule has 0 bridgehead atoms. The van der Waals surface area contributed by atoms with Crippen molar-refractivity contribution in [3.05, 3.63) is 24.3 Å². The molecule has 0 aliphatic rings. The van der Waals surface area contributed by atoms with Gasteiger partial charge in [-0.1, -0.05) is 12.5 Å². The van der Waals surface area contributed by atoms with Crippen LogP contribution in [0, 0.1) is 0 Å². The molecule has 0 spiro atoms. The summed E-state index contributed by atoms with van der Waals surface area (Å²) in [6, 6.07) is 0. The van der Waals surface area contributed by atoms with E-state index in [1.807, 2.05) is 0 Å². The first kappa shape index (κ1) is 16.3. The zero-order valence-electron chi connectivity index (χ0n) is 10.2. The predicted octanol–water partition coefficient (Wildman–Crippen LogP) is 0.832. The van der Waals surface area contributed by atoms with Crippen LogP contribution >= 0.6 is 0 Å². The van der Waals surface area contributed by atoms with Crippen LogP contribution in [0.25, 0.3) is 0 Å². The second-order valence-electron chi connectivity index (χ2n) is 4.12. The lowest BCUT2D eigenvalue weighted by atomic mass is 10.0. The van der Waals surface area contributed by atoms with Crippen molar-refractivity contribution < 1.29 is 19.8 Å². The fourth-order valence-corrected chi connectivity index (χ4v) is 1.36. The van der Waals surface area contributed by atoms with Gasteiger partial charge in [0.15, 0.2) is 0 Å². The summed E-state index contributed by atoms with van der Waals surface area (Å²) in [6.45, 7) is 0. The Bertz CT molecular complexity index is 335. The van der Waals surface area contributed by atoms with Gasteiger partial charge in [-0.3, -0.25) is 0 Å². The van der Waals surface area contributed by atoms with E-state index in [0.717, 1.165) is 31.4 Å². The van der Waals surface area contributed by atoms with Crippen LogP contribution in [0.3, 0.4) is 0 Å². The summed E-state index contributed by atoms with van der Waals surface area (Å²) in [7, 11) is 0. The first-order chi connectivity index (χ1) is 8.33. The normalized spacial score (nSPS) is 12.3. The summed E-state index contributed by atoms with van der Waals surface area (Å²) < 4.78 is 0. The summed E-state index contributed by atoms with van der Waals surface area (Å²) >= 11 is 0. The van der Waals surface area contributed by atoms with Crippen molar-refractivity contribution in [3.63, 3.8) is 0 Å². The van der Waals surface area contributed by atoms with Crippen molar-refractivity contribution in [1.82, 2.24) is 0 Å². The van der Waals surface area contributed by atoms with Crippen molar-refractivity contribution in [3.8, 4) is 0 Å². The van der Waals surface area contributed by atoms with Crippen molar-refractivity contribution >= 4 is 11.9 Å². The molecule has 6 N–H and O–H groups in total. The molecule has 0 unspecified atom stereocenters. The van der Waals surface area contributed by atoms with E-state index in [9.17, 15) is 9.59 Å². The number of allylic oxidation sites excluding steroid dienone is 1. The second kappa shape index (κ2) is 8.43. The van der Waals surface area contributed by atoms with Crippen molar-refractivity contribution in [2.75, 3.05) is 0 Å². The molecular weight excluding hydrogens is 236 g/mol. The lowest BCUT2D eigenvalue weighted by Gasteiger charge is -2.19. The number of rotatable bonds is 9. The largest absolute Gasteiger partial charge is 0.478 e. The van der Waals surface area contributed by atoms with Crippen LogP contribution in [0.5, 0.6) is 0 Å². The molecule has 102 valence electrons.